The molecule has 0 radical (unpaired) electrons. The highest BCUT2D eigenvalue weighted by Crippen LogP contribution is 1.85. The number of methoxy groups -OCH3 is 2. The van der Waals surface area contributed by atoms with Crippen molar-refractivity contribution in [3.05, 3.63) is 0 Å². The Hall–Kier alpha value is -0.320. The second kappa shape index (κ2) is 12.7. The molecule has 0 aliphatic carbocycles. The molecule has 0 heterocycles. The molecule has 84 valence electrons. The molecule has 14 heavy (non-hydrogen) atoms. The summed E-state index contributed by atoms with van der Waals surface area (Å²) < 4.78 is 9.45. The Morgan fingerprint density at radius 3 is 2.00 bits per heavy atom. The second-order valence-corrected chi connectivity index (χ2v) is 3.14. The Morgan fingerprint density at radius 2 is 1.79 bits per heavy atom. The maximum atomic E-state index is 5.28. The lowest BCUT2D eigenvalue weighted by Gasteiger charge is -1.98. The van der Waals surface area contributed by atoms with Gasteiger partial charge < -0.3 is 15.2 Å². The Balaban J connectivity index is 0. The summed E-state index contributed by atoms with van der Waals surface area (Å²) in [7, 11) is 3.28. The van der Waals surface area contributed by atoms with Crippen LogP contribution in [-0.2, 0) is 9.47 Å². The SMILES string of the molecule is COC[C@H](C)N.COC[C@H](C)N=C=S. The zero-order valence-corrected chi connectivity index (χ0v) is 10.1. The summed E-state index contributed by atoms with van der Waals surface area (Å²) in [5, 5.41) is 2.28. The average molecular weight is 220 g/mol. The van der Waals surface area contributed by atoms with Gasteiger partial charge in [0.05, 0.1) is 24.4 Å². The first-order chi connectivity index (χ1) is 6.58. The maximum Gasteiger partial charge on any atom is 0.0807 e. The number of nitrogens with two attached hydrogens (primary N) is 1. The molecule has 0 aromatic carbocycles. The maximum absolute atomic E-state index is 5.28. The second-order valence-electron chi connectivity index (χ2n) is 2.96. The van der Waals surface area contributed by atoms with Crippen molar-refractivity contribution < 1.29 is 9.47 Å². The van der Waals surface area contributed by atoms with Gasteiger partial charge >= 0.3 is 0 Å². The third-order valence-corrected chi connectivity index (χ3v) is 1.22. The average Bonchev–Trinajstić information content (AvgIpc) is 2.05. The smallest absolute Gasteiger partial charge is 0.0807 e. The Bertz CT molecular complexity index is 159. The standard InChI is InChI=1S/C5H9NOS.C4H11NO/c1-5(3-7-2)6-4-8;1-4(5)3-6-2/h5H,3H2,1-2H3;4H,3,5H2,1-2H3/t5-;4-/m00/s1. The fraction of sp³-hybridized carbons (Fsp3) is 0.889. The van der Waals surface area contributed by atoms with Crippen LogP contribution >= 0.6 is 12.2 Å². The van der Waals surface area contributed by atoms with Gasteiger partial charge in [-0.25, -0.2) is 4.99 Å². The van der Waals surface area contributed by atoms with Crippen LogP contribution in [0.15, 0.2) is 4.99 Å². The Kier molecular flexibility index (Phi) is 14.6. The van der Waals surface area contributed by atoms with Gasteiger partial charge in [0.1, 0.15) is 0 Å². The van der Waals surface area contributed by atoms with Gasteiger partial charge in [0, 0.05) is 20.3 Å². The minimum Gasteiger partial charge on any atom is -0.383 e. The molecule has 0 aromatic rings. The molecule has 4 nitrogen and oxygen atoms in total. The van der Waals surface area contributed by atoms with Gasteiger partial charge in [0.15, 0.2) is 0 Å². The highest BCUT2D eigenvalue weighted by atomic mass is 32.1. The Morgan fingerprint density at radius 1 is 1.29 bits per heavy atom. The quantitative estimate of drug-likeness (QED) is 0.557. The van der Waals surface area contributed by atoms with Gasteiger partial charge in [-0.05, 0) is 26.1 Å². The first-order valence-electron chi connectivity index (χ1n) is 4.38. The number of nitrogens with zero attached hydrogens (tertiary/aromatic N) is 1. The fourth-order valence-corrected chi connectivity index (χ4v) is 0.811. The molecule has 2 N–H and O–H groups in total. The van der Waals surface area contributed by atoms with Crippen molar-refractivity contribution in [1.82, 2.24) is 0 Å². The topological polar surface area (TPSA) is 56.8 Å². The predicted octanol–water partition coefficient (Wildman–Crippen LogP) is 1.10. The molecule has 0 saturated heterocycles. The number of hydrogen-bond acceptors (Lipinski definition) is 5. The van der Waals surface area contributed by atoms with Gasteiger partial charge in [0.25, 0.3) is 0 Å². The van der Waals surface area contributed by atoms with Gasteiger partial charge in [-0.3, -0.25) is 0 Å². The molecule has 2 atom stereocenters. The predicted molar refractivity (Wildman–Crippen MR) is 61.9 cm³/mol. The molecule has 0 unspecified atom stereocenters. The van der Waals surface area contributed by atoms with Crippen molar-refractivity contribution in [2.75, 3.05) is 27.4 Å². The van der Waals surface area contributed by atoms with Crippen LogP contribution in [0.3, 0.4) is 0 Å². The first-order valence-corrected chi connectivity index (χ1v) is 4.79. The van der Waals surface area contributed by atoms with Crippen LogP contribution in [0.4, 0.5) is 0 Å². The molecule has 0 aromatic heterocycles. The van der Waals surface area contributed by atoms with Crippen LogP contribution in [0.5, 0.6) is 0 Å². The highest BCUT2D eigenvalue weighted by molar-refractivity contribution is 7.78. The molecule has 0 spiro atoms. The minimum absolute atomic E-state index is 0.150. The summed E-state index contributed by atoms with van der Waals surface area (Å²) in [5.74, 6) is 0. The van der Waals surface area contributed by atoms with Crippen LogP contribution in [0.1, 0.15) is 13.8 Å². The summed E-state index contributed by atoms with van der Waals surface area (Å²) in [6.45, 7) is 5.09. The van der Waals surface area contributed by atoms with Crippen molar-refractivity contribution in [2.24, 2.45) is 10.7 Å². The van der Waals surface area contributed by atoms with E-state index >= 15 is 0 Å². The van der Waals surface area contributed by atoms with E-state index in [-0.39, 0.29) is 12.1 Å². The number of thiocarbonyl (C=S) groups is 1. The van der Waals surface area contributed by atoms with E-state index < -0.39 is 0 Å². The molecule has 0 bridgehead atoms. The van der Waals surface area contributed by atoms with Crippen LogP contribution in [0, 0.1) is 0 Å². The zero-order valence-electron chi connectivity index (χ0n) is 9.32. The lowest BCUT2D eigenvalue weighted by atomic mass is 10.4. The monoisotopic (exact) mass is 220 g/mol. The first kappa shape index (κ1) is 16.1. The summed E-state index contributed by atoms with van der Waals surface area (Å²) in [4.78, 5) is 3.75. The van der Waals surface area contributed by atoms with Crippen molar-refractivity contribution in [2.45, 2.75) is 25.9 Å². The fourth-order valence-electron chi connectivity index (χ4n) is 0.631. The van der Waals surface area contributed by atoms with Crippen molar-refractivity contribution in [1.29, 1.82) is 0 Å². The lowest BCUT2D eigenvalue weighted by molar-refractivity contribution is 0.185. The summed E-state index contributed by atoms with van der Waals surface area (Å²) in [5.41, 5.74) is 5.28. The van der Waals surface area contributed by atoms with Gasteiger partial charge in [-0.15, -0.1) is 0 Å². The third-order valence-electron chi connectivity index (χ3n) is 1.11. The van der Waals surface area contributed by atoms with E-state index in [1.165, 1.54) is 0 Å². The molecule has 0 saturated carbocycles. The van der Waals surface area contributed by atoms with Gasteiger partial charge in [0.2, 0.25) is 0 Å². The molecular weight excluding hydrogens is 200 g/mol. The number of isothiocyanates is 1. The van der Waals surface area contributed by atoms with E-state index in [9.17, 15) is 0 Å². The number of aliphatic imine (C=N–C) groups is 1. The molecular formula is C9H20N2O2S. The van der Waals surface area contributed by atoms with E-state index in [4.69, 9.17) is 10.5 Å². The summed E-state index contributed by atoms with van der Waals surface area (Å²) >= 11 is 4.37. The molecule has 0 aliphatic rings. The van der Waals surface area contributed by atoms with Crippen LogP contribution in [-0.4, -0.2) is 44.7 Å². The van der Waals surface area contributed by atoms with Gasteiger partial charge in [-0.2, -0.15) is 0 Å². The Labute approximate surface area is 91.5 Å². The molecule has 0 fully saturated rings. The molecule has 0 amide bonds. The van der Waals surface area contributed by atoms with E-state index in [2.05, 4.69) is 27.1 Å². The number of hydrogen-bond donors (Lipinski definition) is 1. The summed E-state index contributed by atoms with van der Waals surface area (Å²) in [6.07, 6.45) is 0. The molecule has 0 rings (SSSR count). The zero-order chi connectivity index (χ0) is 11.4. The van der Waals surface area contributed by atoms with Crippen LogP contribution in [0.25, 0.3) is 0 Å². The van der Waals surface area contributed by atoms with Gasteiger partial charge in [-0.1, -0.05) is 0 Å². The molecule has 5 heteroatoms. The lowest BCUT2D eigenvalue weighted by Crippen LogP contribution is -2.20. The summed E-state index contributed by atoms with van der Waals surface area (Å²) in [6, 6.07) is 0.326. The largest absolute Gasteiger partial charge is 0.383 e. The van der Waals surface area contributed by atoms with E-state index in [1.54, 1.807) is 14.2 Å². The third kappa shape index (κ3) is 17.7. The molecule has 0 aliphatic heterocycles. The normalized spacial score (nSPS) is 13.2. The van der Waals surface area contributed by atoms with E-state index in [1.807, 2.05) is 13.8 Å². The van der Waals surface area contributed by atoms with Crippen molar-refractivity contribution in [3.8, 4) is 0 Å². The number of ether oxygens (including phenoxy) is 2. The van der Waals surface area contributed by atoms with Crippen molar-refractivity contribution >= 4 is 17.4 Å². The van der Waals surface area contributed by atoms with Crippen LogP contribution < -0.4 is 5.73 Å². The highest BCUT2D eigenvalue weighted by Gasteiger charge is 1.92. The number of rotatable bonds is 5. The van der Waals surface area contributed by atoms with E-state index in [0.29, 0.717) is 13.2 Å². The van der Waals surface area contributed by atoms with Crippen molar-refractivity contribution in [3.63, 3.8) is 0 Å². The van der Waals surface area contributed by atoms with Crippen LogP contribution in [0.2, 0.25) is 0 Å². The minimum atomic E-state index is 0.150. The van der Waals surface area contributed by atoms with E-state index in [0.717, 1.165) is 0 Å².